The Bertz CT molecular complexity index is 368. The van der Waals surface area contributed by atoms with Crippen molar-refractivity contribution in [3.63, 3.8) is 0 Å². The monoisotopic (exact) mass is 379 g/mol. The standard InChI is InChI=1S/C16H29NO9/c1-4-24-13(18)7-21-10-16(17,11-22-8-14(19)25-5-2)12-23-9-15(20)26-6-3/h4-12,17H2,1-3H3. The second-order valence-corrected chi connectivity index (χ2v) is 5.26. The molecule has 0 bridgehead atoms. The molecule has 0 spiro atoms. The van der Waals surface area contributed by atoms with Crippen molar-refractivity contribution in [1.82, 2.24) is 0 Å². The Labute approximate surface area is 153 Å². The van der Waals surface area contributed by atoms with Crippen LogP contribution in [0, 0.1) is 0 Å². The average Bonchev–Trinajstić information content (AvgIpc) is 2.55. The molecule has 26 heavy (non-hydrogen) atoms. The topological polar surface area (TPSA) is 133 Å². The van der Waals surface area contributed by atoms with Crippen LogP contribution in [0.4, 0.5) is 0 Å². The molecule has 2 N–H and O–H groups in total. The lowest BCUT2D eigenvalue weighted by molar-refractivity contribution is -0.152. The maximum absolute atomic E-state index is 11.3. The second kappa shape index (κ2) is 14.4. The van der Waals surface area contributed by atoms with E-state index in [1.54, 1.807) is 20.8 Å². The minimum Gasteiger partial charge on any atom is -0.464 e. The first-order valence-corrected chi connectivity index (χ1v) is 8.35. The molecule has 0 aliphatic carbocycles. The van der Waals surface area contributed by atoms with Crippen LogP contribution < -0.4 is 5.73 Å². The van der Waals surface area contributed by atoms with Crippen molar-refractivity contribution in [2.45, 2.75) is 26.3 Å². The molecule has 0 rings (SSSR count). The maximum atomic E-state index is 11.3. The zero-order chi connectivity index (χ0) is 19.8. The summed E-state index contributed by atoms with van der Waals surface area (Å²) in [5, 5.41) is 0. The van der Waals surface area contributed by atoms with E-state index in [0.29, 0.717) is 0 Å². The molecule has 0 radical (unpaired) electrons. The Morgan fingerprint density at radius 1 is 0.654 bits per heavy atom. The van der Waals surface area contributed by atoms with Gasteiger partial charge in [0.1, 0.15) is 19.8 Å². The predicted octanol–water partition coefficient (Wildman–Crippen LogP) is -0.577. The van der Waals surface area contributed by atoms with Crippen LogP contribution in [-0.4, -0.2) is 82.9 Å². The molecule has 0 aromatic heterocycles. The third kappa shape index (κ3) is 12.6. The molecule has 0 aromatic rings. The van der Waals surface area contributed by atoms with Gasteiger partial charge in [-0.15, -0.1) is 0 Å². The van der Waals surface area contributed by atoms with E-state index in [-0.39, 0.29) is 59.5 Å². The van der Waals surface area contributed by atoms with Crippen molar-refractivity contribution in [1.29, 1.82) is 0 Å². The van der Waals surface area contributed by atoms with E-state index in [2.05, 4.69) is 0 Å². The molecule has 10 nitrogen and oxygen atoms in total. The molecule has 0 saturated carbocycles. The number of hydrogen-bond donors (Lipinski definition) is 1. The van der Waals surface area contributed by atoms with E-state index in [1.807, 2.05) is 0 Å². The summed E-state index contributed by atoms with van der Waals surface area (Å²) in [6.45, 7) is 4.54. The van der Waals surface area contributed by atoms with Gasteiger partial charge in [-0.2, -0.15) is 0 Å². The average molecular weight is 379 g/mol. The highest BCUT2D eigenvalue weighted by molar-refractivity contribution is 5.71. The highest BCUT2D eigenvalue weighted by Gasteiger charge is 2.28. The van der Waals surface area contributed by atoms with Crippen LogP contribution in [0.25, 0.3) is 0 Å². The summed E-state index contributed by atoms with van der Waals surface area (Å²) >= 11 is 0. The van der Waals surface area contributed by atoms with Gasteiger partial charge in [0, 0.05) is 0 Å². The van der Waals surface area contributed by atoms with Crippen LogP contribution in [0.15, 0.2) is 0 Å². The number of hydrogen-bond acceptors (Lipinski definition) is 10. The van der Waals surface area contributed by atoms with E-state index >= 15 is 0 Å². The molecule has 10 heteroatoms. The van der Waals surface area contributed by atoms with Crippen molar-refractivity contribution < 1.29 is 42.8 Å². The van der Waals surface area contributed by atoms with E-state index < -0.39 is 23.4 Å². The Hall–Kier alpha value is -1.75. The molecular weight excluding hydrogens is 350 g/mol. The van der Waals surface area contributed by atoms with Gasteiger partial charge in [0.05, 0.1) is 45.2 Å². The normalized spacial score (nSPS) is 11.1. The van der Waals surface area contributed by atoms with E-state index in [0.717, 1.165) is 0 Å². The van der Waals surface area contributed by atoms with Crippen LogP contribution in [-0.2, 0) is 42.8 Å². The van der Waals surface area contributed by atoms with Gasteiger partial charge in [-0.1, -0.05) is 0 Å². The largest absolute Gasteiger partial charge is 0.464 e. The third-order valence-electron chi connectivity index (χ3n) is 2.74. The van der Waals surface area contributed by atoms with Gasteiger partial charge in [0.15, 0.2) is 0 Å². The van der Waals surface area contributed by atoms with Crippen LogP contribution >= 0.6 is 0 Å². The molecule has 0 aliphatic rings. The Morgan fingerprint density at radius 2 is 0.923 bits per heavy atom. The van der Waals surface area contributed by atoms with Gasteiger partial charge in [-0.3, -0.25) is 0 Å². The fraction of sp³-hybridized carbons (Fsp3) is 0.812. The van der Waals surface area contributed by atoms with Crippen molar-refractivity contribution in [2.24, 2.45) is 5.73 Å². The predicted molar refractivity (Wildman–Crippen MR) is 89.3 cm³/mol. The van der Waals surface area contributed by atoms with Crippen molar-refractivity contribution in [3.05, 3.63) is 0 Å². The molecule has 0 heterocycles. The SMILES string of the molecule is CCOC(=O)COCC(N)(COCC(=O)OCC)COCC(=O)OCC. The van der Waals surface area contributed by atoms with E-state index in [9.17, 15) is 14.4 Å². The Kier molecular flexibility index (Phi) is 13.5. The molecule has 0 amide bonds. The van der Waals surface area contributed by atoms with Gasteiger partial charge >= 0.3 is 17.9 Å². The zero-order valence-electron chi connectivity index (χ0n) is 15.6. The molecular formula is C16H29NO9. The summed E-state index contributed by atoms with van der Waals surface area (Å²) in [6.07, 6.45) is 0. The zero-order valence-corrected chi connectivity index (χ0v) is 15.6. The first kappa shape index (κ1) is 24.2. The van der Waals surface area contributed by atoms with Crippen LogP contribution in [0.2, 0.25) is 0 Å². The van der Waals surface area contributed by atoms with Crippen LogP contribution in [0.1, 0.15) is 20.8 Å². The van der Waals surface area contributed by atoms with Gasteiger partial charge in [-0.25, -0.2) is 14.4 Å². The lowest BCUT2D eigenvalue weighted by Crippen LogP contribution is -2.53. The fourth-order valence-corrected chi connectivity index (χ4v) is 1.75. The van der Waals surface area contributed by atoms with E-state index in [4.69, 9.17) is 34.2 Å². The number of rotatable bonds is 15. The lowest BCUT2D eigenvalue weighted by atomic mass is 10.1. The summed E-state index contributed by atoms with van der Waals surface area (Å²) in [6, 6.07) is 0. The smallest absolute Gasteiger partial charge is 0.332 e. The summed E-state index contributed by atoms with van der Waals surface area (Å²) in [5.74, 6) is -1.60. The highest BCUT2D eigenvalue weighted by atomic mass is 16.6. The quantitative estimate of drug-likeness (QED) is 0.291. The van der Waals surface area contributed by atoms with Crippen molar-refractivity contribution in [3.8, 4) is 0 Å². The van der Waals surface area contributed by atoms with Crippen molar-refractivity contribution >= 4 is 17.9 Å². The van der Waals surface area contributed by atoms with Gasteiger partial charge in [0.25, 0.3) is 0 Å². The number of nitrogens with two attached hydrogens (primary N) is 1. The number of carbonyl (C=O) groups is 3. The van der Waals surface area contributed by atoms with Crippen LogP contribution in [0.5, 0.6) is 0 Å². The molecule has 0 aliphatic heterocycles. The van der Waals surface area contributed by atoms with Crippen molar-refractivity contribution in [2.75, 3.05) is 59.5 Å². The number of esters is 3. The first-order valence-electron chi connectivity index (χ1n) is 8.35. The molecule has 0 fully saturated rings. The van der Waals surface area contributed by atoms with Gasteiger partial charge < -0.3 is 34.2 Å². The maximum Gasteiger partial charge on any atom is 0.332 e. The third-order valence-corrected chi connectivity index (χ3v) is 2.74. The summed E-state index contributed by atoms with van der Waals surface area (Å²) < 4.78 is 29.9. The van der Waals surface area contributed by atoms with Crippen LogP contribution in [0.3, 0.4) is 0 Å². The van der Waals surface area contributed by atoms with E-state index in [1.165, 1.54) is 0 Å². The Morgan fingerprint density at radius 3 is 1.15 bits per heavy atom. The molecule has 0 unspecified atom stereocenters. The van der Waals surface area contributed by atoms with Gasteiger partial charge in [-0.05, 0) is 20.8 Å². The second-order valence-electron chi connectivity index (χ2n) is 5.26. The lowest BCUT2D eigenvalue weighted by Gasteiger charge is -2.28. The Balaban J connectivity index is 4.45. The van der Waals surface area contributed by atoms with Gasteiger partial charge in [0.2, 0.25) is 0 Å². The summed E-state index contributed by atoms with van der Waals surface area (Å²) in [7, 11) is 0. The molecule has 0 aromatic carbocycles. The minimum absolute atomic E-state index is 0.114. The highest BCUT2D eigenvalue weighted by Crippen LogP contribution is 2.05. The summed E-state index contributed by atoms with van der Waals surface area (Å²) in [5.41, 5.74) is 4.96. The number of ether oxygens (including phenoxy) is 6. The molecule has 152 valence electrons. The molecule has 0 saturated heterocycles. The number of carbonyl (C=O) groups excluding carboxylic acids is 3. The minimum atomic E-state index is -1.19. The summed E-state index contributed by atoms with van der Waals surface area (Å²) in [4.78, 5) is 33.9. The molecule has 0 atom stereocenters. The fourth-order valence-electron chi connectivity index (χ4n) is 1.75. The first-order chi connectivity index (χ1) is 12.4.